The highest BCUT2D eigenvalue weighted by Gasteiger charge is 2.46. The van der Waals surface area contributed by atoms with Crippen LogP contribution in [0.4, 0.5) is 5.95 Å². The molecule has 1 aliphatic heterocycles. The van der Waals surface area contributed by atoms with Crippen LogP contribution in [0.1, 0.15) is 6.23 Å². The molecule has 0 bridgehead atoms. The van der Waals surface area contributed by atoms with Gasteiger partial charge < -0.3 is 25.8 Å². The first-order valence-corrected chi connectivity index (χ1v) is 6.63. The first kappa shape index (κ1) is 14.4. The van der Waals surface area contributed by atoms with Crippen molar-refractivity contribution in [3.05, 3.63) is 11.5 Å². The molecular weight excluding hydrogens is 302 g/mol. The Balaban J connectivity index is 2.13. The lowest BCUT2D eigenvalue weighted by Gasteiger charge is -2.12. The van der Waals surface area contributed by atoms with E-state index < -0.39 is 31.1 Å². The molecule has 0 spiro atoms. The summed E-state index contributed by atoms with van der Waals surface area (Å²) in [5.74, 6) is -0.0146. The molecule has 4 unspecified atom stereocenters. The fourth-order valence-electron chi connectivity index (χ4n) is 2.51. The molecule has 9 nitrogen and oxygen atoms in total. The molecule has 4 atom stereocenters. The number of aliphatic hydroxyl groups is 3. The van der Waals surface area contributed by atoms with Gasteiger partial charge in [-0.1, -0.05) is 16.6 Å². The molecule has 1 saturated heterocycles. The lowest BCUT2D eigenvalue weighted by atomic mass is 10.1. The van der Waals surface area contributed by atoms with Crippen LogP contribution in [0.25, 0.3) is 11.2 Å². The van der Waals surface area contributed by atoms with Crippen LogP contribution in [-0.2, 0) is 11.8 Å². The van der Waals surface area contributed by atoms with E-state index in [2.05, 4.69) is 9.97 Å². The lowest BCUT2D eigenvalue weighted by Crippen LogP contribution is -2.46. The molecular formula is C11H15ClN5O4+. The minimum absolute atomic E-state index is 0.0146. The Morgan fingerprint density at radius 3 is 2.76 bits per heavy atom. The summed E-state index contributed by atoms with van der Waals surface area (Å²) in [5, 5.41) is 29.3. The number of anilines is 1. The summed E-state index contributed by atoms with van der Waals surface area (Å²) >= 11 is 6.05. The number of nitrogens with two attached hydrogens (primary N) is 1. The monoisotopic (exact) mass is 316 g/mol. The smallest absolute Gasteiger partial charge is 0.311 e. The number of nitrogen functional groups attached to an aromatic ring is 1. The van der Waals surface area contributed by atoms with Crippen molar-refractivity contribution in [2.75, 3.05) is 12.3 Å². The van der Waals surface area contributed by atoms with E-state index in [9.17, 15) is 10.2 Å². The summed E-state index contributed by atoms with van der Waals surface area (Å²) in [6.07, 6.45) is -2.59. The SMILES string of the molecule is Cn1c[n+](C2OC(CO)C(O)C2O)c2nc(N)nc(Cl)c21. The molecule has 1 aliphatic rings. The van der Waals surface area contributed by atoms with Crippen LogP contribution in [0.15, 0.2) is 6.33 Å². The van der Waals surface area contributed by atoms with E-state index in [4.69, 9.17) is 27.2 Å². The molecule has 0 aromatic carbocycles. The normalized spacial score (nSPS) is 29.4. The van der Waals surface area contributed by atoms with E-state index >= 15 is 0 Å². The summed E-state index contributed by atoms with van der Waals surface area (Å²) in [7, 11) is 1.73. The predicted molar refractivity (Wildman–Crippen MR) is 71.1 cm³/mol. The molecule has 5 N–H and O–H groups in total. The van der Waals surface area contributed by atoms with Crippen molar-refractivity contribution in [3.63, 3.8) is 0 Å². The van der Waals surface area contributed by atoms with Gasteiger partial charge in [-0.05, 0) is 0 Å². The van der Waals surface area contributed by atoms with Gasteiger partial charge >= 0.3 is 5.65 Å². The van der Waals surface area contributed by atoms with Gasteiger partial charge in [0.15, 0.2) is 11.5 Å². The van der Waals surface area contributed by atoms with Crippen LogP contribution >= 0.6 is 11.6 Å². The van der Waals surface area contributed by atoms with Crippen LogP contribution < -0.4 is 10.3 Å². The molecule has 2 aromatic heterocycles. The average Bonchev–Trinajstić information content (AvgIpc) is 2.89. The third kappa shape index (κ3) is 2.14. The zero-order valence-electron chi connectivity index (χ0n) is 11.1. The number of aromatic nitrogens is 4. The molecule has 0 radical (unpaired) electrons. The summed E-state index contributed by atoms with van der Waals surface area (Å²) in [4.78, 5) is 7.97. The Kier molecular flexibility index (Phi) is 3.46. The van der Waals surface area contributed by atoms with Gasteiger partial charge in [-0.15, -0.1) is 0 Å². The number of hydrogen-bond acceptors (Lipinski definition) is 7. The molecule has 0 amide bonds. The molecule has 0 saturated carbocycles. The van der Waals surface area contributed by atoms with E-state index in [1.165, 1.54) is 4.57 Å². The van der Waals surface area contributed by atoms with Crippen molar-refractivity contribution in [2.24, 2.45) is 7.05 Å². The summed E-state index contributed by atoms with van der Waals surface area (Å²) in [6, 6.07) is 0. The van der Waals surface area contributed by atoms with E-state index in [-0.39, 0.29) is 11.1 Å². The second-order valence-corrected chi connectivity index (χ2v) is 5.27. The van der Waals surface area contributed by atoms with Crippen molar-refractivity contribution in [3.8, 4) is 0 Å². The number of halogens is 1. The zero-order valence-corrected chi connectivity index (χ0v) is 11.8. The molecule has 10 heteroatoms. The van der Waals surface area contributed by atoms with E-state index in [1.807, 2.05) is 0 Å². The highest BCUT2D eigenvalue weighted by atomic mass is 35.5. The first-order valence-electron chi connectivity index (χ1n) is 6.25. The molecule has 21 heavy (non-hydrogen) atoms. The van der Waals surface area contributed by atoms with Crippen LogP contribution in [0.3, 0.4) is 0 Å². The highest BCUT2D eigenvalue weighted by Crippen LogP contribution is 2.27. The largest absolute Gasteiger partial charge is 0.394 e. The number of fused-ring (bicyclic) bond motifs is 1. The van der Waals surface area contributed by atoms with Gasteiger partial charge in [-0.25, -0.2) is 4.57 Å². The van der Waals surface area contributed by atoms with E-state index in [1.54, 1.807) is 17.9 Å². The van der Waals surface area contributed by atoms with Crippen LogP contribution in [-0.4, -0.2) is 54.8 Å². The van der Waals surface area contributed by atoms with Gasteiger partial charge in [0.25, 0.3) is 5.95 Å². The van der Waals surface area contributed by atoms with Crippen molar-refractivity contribution in [1.82, 2.24) is 14.5 Å². The number of hydrogen-bond donors (Lipinski definition) is 4. The van der Waals surface area contributed by atoms with Crippen LogP contribution in [0.2, 0.25) is 5.15 Å². The Morgan fingerprint density at radius 1 is 1.43 bits per heavy atom. The van der Waals surface area contributed by atoms with Crippen molar-refractivity contribution in [1.29, 1.82) is 0 Å². The fourth-order valence-corrected chi connectivity index (χ4v) is 2.82. The second kappa shape index (κ2) is 5.04. The Hall–Kier alpha value is -1.52. The highest BCUT2D eigenvalue weighted by molar-refractivity contribution is 6.33. The summed E-state index contributed by atoms with van der Waals surface area (Å²) in [5.41, 5.74) is 6.48. The van der Waals surface area contributed by atoms with E-state index in [0.717, 1.165) is 0 Å². The van der Waals surface area contributed by atoms with Gasteiger partial charge in [0, 0.05) is 0 Å². The van der Waals surface area contributed by atoms with Gasteiger partial charge in [0.2, 0.25) is 11.7 Å². The Bertz CT molecular complexity index is 693. The molecule has 3 rings (SSSR count). The van der Waals surface area contributed by atoms with Crippen LogP contribution in [0, 0.1) is 0 Å². The van der Waals surface area contributed by atoms with Gasteiger partial charge in [-0.3, -0.25) is 4.57 Å². The molecule has 1 fully saturated rings. The maximum Gasteiger partial charge on any atom is 0.311 e. The molecule has 114 valence electrons. The van der Waals surface area contributed by atoms with Gasteiger partial charge in [0.05, 0.1) is 13.7 Å². The maximum atomic E-state index is 10.1. The Morgan fingerprint density at radius 2 is 2.14 bits per heavy atom. The van der Waals surface area contributed by atoms with Crippen molar-refractivity contribution >= 4 is 28.7 Å². The molecule has 2 aromatic rings. The number of ether oxygens (including phenoxy) is 1. The van der Waals surface area contributed by atoms with Gasteiger partial charge in [0.1, 0.15) is 18.3 Å². The first-order chi connectivity index (χ1) is 9.93. The number of nitrogens with zero attached hydrogens (tertiary/aromatic N) is 4. The summed E-state index contributed by atoms with van der Waals surface area (Å²) < 4.78 is 8.64. The predicted octanol–water partition coefficient (Wildman–Crippen LogP) is -1.90. The quantitative estimate of drug-likeness (QED) is 0.376. The average molecular weight is 317 g/mol. The van der Waals surface area contributed by atoms with Crippen molar-refractivity contribution in [2.45, 2.75) is 24.5 Å². The minimum atomic E-state index is -1.22. The van der Waals surface area contributed by atoms with Crippen LogP contribution in [0.5, 0.6) is 0 Å². The number of imidazole rings is 1. The minimum Gasteiger partial charge on any atom is -0.394 e. The van der Waals surface area contributed by atoms with Crippen molar-refractivity contribution < 1.29 is 24.6 Å². The zero-order chi connectivity index (χ0) is 15.3. The number of rotatable bonds is 2. The number of aryl methyl sites for hydroxylation is 1. The third-order valence-corrected chi connectivity index (χ3v) is 3.79. The molecule has 3 heterocycles. The Labute approximate surface area is 124 Å². The topological polar surface area (TPSA) is 131 Å². The standard InChI is InChI=1S/C11H15ClN5O4/c1-16-3-17(9-5(16)8(12)14-11(13)15-9)10-7(20)6(19)4(2-18)21-10/h3-4,6-7,10,18-20H,2H2,1H3,(H2,13,14,15)/q+1. The third-order valence-electron chi connectivity index (χ3n) is 3.53. The number of aliphatic hydroxyl groups excluding tert-OH is 3. The van der Waals surface area contributed by atoms with Gasteiger partial charge in [-0.2, -0.15) is 4.98 Å². The molecule has 0 aliphatic carbocycles. The summed E-state index contributed by atoms with van der Waals surface area (Å²) in [6.45, 7) is -0.405. The van der Waals surface area contributed by atoms with E-state index in [0.29, 0.717) is 11.2 Å². The second-order valence-electron chi connectivity index (χ2n) is 4.91. The lowest BCUT2D eigenvalue weighted by molar-refractivity contribution is -0.745. The fraction of sp³-hybridized carbons (Fsp3) is 0.545. The maximum absolute atomic E-state index is 10.1.